The molecule has 2 fully saturated rings. The summed E-state index contributed by atoms with van der Waals surface area (Å²) >= 11 is 0. The summed E-state index contributed by atoms with van der Waals surface area (Å²) in [5.41, 5.74) is 9.54. The molecule has 10 rings (SSSR count). The first-order valence-corrected chi connectivity index (χ1v) is 20.8. The molecule has 2 aliphatic carbocycles. The van der Waals surface area contributed by atoms with Gasteiger partial charge in [-0.2, -0.15) is 10.5 Å². The summed E-state index contributed by atoms with van der Waals surface area (Å²) in [7, 11) is 0. The minimum atomic E-state index is 0.211. The van der Waals surface area contributed by atoms with Crippen LogP contribution in [-0.2, 0) is 5.41 Å². The average Bonchev–Trinajstić information content (AvgIpc) is 3.64. The highest BCUT2D eigenvalue weighted by atomic mass is 15.0. The van der Waals surface area contributed by atoms with E-state index in [1.54, 1.807) is 0 Å². The monoisotopic (exact) mass is 761 g/mol. The van der Waals surface area contributed by atoms with E-state index in [-0.39, 0.29) is 5.41 Å². The second kappa shape index (κ2) is 14.8. The van der Waals surface area contributed by atoms with Gasteiger partial charge in [-0.25, -0.2) is 15.0 Å². The van der Waals surface area contributed by atoms with Gasteiger partial charge >= 0.3 is 0 Å². The van der Waals surface area contributed by atoms with Crippen LogP contribution in [0.4, 0.5) is 0 Å². The molecule has 2 bridgehead atoms. The lowest BCUT2D eigenvalue weighted by atomic mass is 9.60. The van der Waals surface area contributed by atoms with Crippen LogP contribution >= 0.6 is 0 Å². The van der Waals surface area contributed by atoms with Gasteiger partial charge in [0.05, 0.1) is 23.3 Å². The van der Waals surface area contributed by atoms with Crippen LogP contribution in [0.1, 0.15) is 62.6 Å². The van der Waals surface area contributed by atoms with Crippen molar-refractivity contribution >= 4 is 21.5 Å². The molecule has 1 heterocycles. The van der Waals surface area contributed by atoms with Gasteiger partial charge in [0.15, 0.2) is 17.5 Å². The number of hydrogen-bond acceptors (Lipinski definition) is 5. The van der Waals surface area contributed by atoms with Crippen molar-refractivity contribution in [1.82, 2.24) is 15.0 Å². The third-order valence-corrected chi connectivity index (χ3v) is 13.3. The predicted octanol–water partition coefficient (Wildman–Crippen LogP) is 13.4. The van der Waals surface area contributed by atoms with Gasteiger partial charge in [0.1, 0.15) is 0 Å². The molecule has 1 unspecified atom stereocenters. The topological polar surface area (TPSA) is 86.2 Å². The van der Waals surface area contributed by atoms with Gasteiger partial charge in [-0.1, -0.05) is 130 Å². The van der Waals surface area contributed by atoms with Crippen LogP contribution in [0, 0.1) is 40.4 Å². The maximum Gasteiger partial charge on any atom is 0.164 e. The van der Waals surface area contributed by atoms with Gasteiger partial charge in [-0.3, -0.25) is 0 Å². The number of fused-ring (bicyclic) bond motifs is 4. The van der Waals surface area contributed by atoms with Crippen molar-refractivity contribution in [1.29, 1.82) is 10.5 Å². The van der Waals surface area contributed by atoms with Gasteiger partial charge in [0.2, 0.25) is 0 Å². The average molecular weight is 762 g/mol. The second-order valence-corrected chi connectivity index (χ2v) is 17.0. The molecule has 284 valence electrons. The van der Waals surface area contributed by atoms with Crippen molar-refractivity contribution in [2.45, 2.75) is 51.4 Å². The maximum absolute atomic E-state index is 9.99. The van der Waals surface area contributed by atoms with E-state index in [0.717, 1.165) is 72.3 Å². The molecule has 2 aliphatic rings. The van der Waals surface area contributed by atoms with Gasteiger partial charge in [0, 0.05) is 22.1 Å². The Bertz CT molecular complexity index is 2990. The van der Waals surface area contributed by atoms with Crippen molar-refractivity contribution in [3.8, 4) is 68.6 Å². The highest BCUT2D eigenvalue weighted by molar-refractivity contribution is 5.99. The summed E-state index contributed by atoms with van der Waals surface area (Å²) in [5.74, 6) is 3.89. The van der Waals surface area contributed by atoms with Crippen LogP contribution < -0.4 is 0 Å². The van der Waals surface area contributed by atoms with E-state index in [4.69, 9.17) is 15.0 Å². The van der Waals surface area contributed by atoms with Crippen LogP contribution in [0.25, 0.3) is 78.0 Å². The lowest BCUT2D eigenvalue weighted by Gasteiger charge is -2.45. The summed E-state index contributed by atoms with van der Waals surface area (Å²) in [6, 6.07) is 54.6. The fraction of sp³-hybridized carbons (Fsp3) is 0.204. The summed E-state index contributed by atoms with van der Waals surface area (Å²) in [6.45, 7) is 4.83. The molecule has 0 N–H and O–H groups in total. The first-order chi connectivity index (χ1) is 28.9. The predicted molar refractivity (Wildman–Crippen MR) is 238 cm³/mol. The van der Waals surface area contributed by atoms with Gasteiger partial charge < -0.3 is 0 Å². The Hall–Kier alpha value is -6.95. The van der Waals surface area contributed by atoms with Crippen LogP contribution in [0.2, 0.25) is 0 Å². The Balaban J connectivity index is 1.17. The largest absolute Gasteiger partial charge is 0.208 e. The Kier molecular flexibility index (Phi) is 9.11. The van der Waals surface area contributed by atoms with Crippen LogP contribution in [0.15, 0.2) is 146 Å². The summed E-state index contributed by atoms with van der Waals surface area (Å²) in [4.78, 5) is 15.7. The minimum absolute atomic E-state index is 0.211. The summed E-state index contributed by atoms with van der Waals surface area (Å²) < 4.78 is 0. The molecule has 0 spiro atoms. The van der Waals surface area contributed by atoms with E-state index < -0.39 is 0 Å². The Labute approximate surface area is 345 Å². The maximum atomic E-state index is 9.99. The SMILES string of the molecule is CC(C)C1(c2ccc(-c3cc(-c4cccc(C#N)c4)cc(-c4nc(-c5cccc6ccccc56)nc(-c5ccc(C#N)c6ccccc56)n4)c3)cc2)C[C@@H]2CC[C@@H](C2)C1. The minimum Gasteiger partial charge on any atom is -0.208 e. The number of hydrogen-bond donors (Lipinski definition) is 0. The van der Waals surface area contributed by atoms with Crippen LogP contribution in [-0.4, -0.2) is 15.0 Å². The normalized spacial score (nSPS) is 18.5. The zero-order chi connectivity index (χ0) is 40.1. The summed E-state index contributed by atoms with van der Waals surface area (Å²) in [5, 5.41) is 23.8. The Morgan fingerprint density at radius 1 is 0.525 bits per heavy atom. The zero-order valence-corrected chi connectivity index (χ0v) is 33.4. The first-order valence-electron chi connectivity index (χ1n) is 20.8. The molecule has 0 saturated heterocycles. The quantitative estimate of drug-likeness (QED) is 0.161. The van der Waals surface area contributed by atoms with Crippen molar-refractivity contribution in [3.05, 3.63) is 162 Å². The van der Waals surface area contributed by atoms with Crippen molar-refractivity contribution in [2.24, 2.45) is 17.8 Å². The van der Waals surface area contributed by atoms with E-state index in [9.17, 15) is 10.5 Å². The summed E-state index contributed by atoms with van der Waals surface area (Å²) in [6.07, 6.45) is 6.72. The Morgan fingerprint density at radius 3 is 1.85 bits per heavy atom. The van der Waals surface area contributed by atoms with Gasteiger partial charge in [0.25, 0.3) is 0 Å². The highest BCUT2D eigenvalue weighted by Crippen LogP contribution is 2.55. The van der Waals surface area contributed by atoms with Crippen molar-refractivity contribution < 1.29 is 0 Å². The van der Waals surface area contributed by atoms with E-state index in [2.05, 4.69) is 98.8 Å². The third-order valence-electron chi connectivity index (χ3n) is 13.3. The first kappa shape index (κ1) is 36.4. The molecule has 1 aromatic heterocycles. The fourth-order valence-electron chi connectivity index (χ4n) is 10.3. The van der Waals surface area contributed by atoms with Gasteiger partial charge in [-0.05, 0) is 129 Å². The number of nitriles is 2. The molecule has 7 aromatic carbocycles. The molecule has 59 heavy (non-hydrogen) atoms. The zero-order valence-electron chi connectivity index (χ0n) is 33.4. The molecule has 0 radical (unpaired) electrons. The molecule has 3 atom stereocenters. The smallest absolute Gasteiger partial charge is 0.164 e. The molecule has 0 amide bonds. The highest BCUT2D eigenvalue weighted by Gasteiger charge is 2.46. The lowest BCUT2D eigenvalue weighted by molar-refractivity contribution is 0.158. The molecule has 0 aliphatic heterocycles. The van der Waals surface area contributed by atoms with E-state index >= 15 is 0 Å². The Morgan fingerprint density at radius 2 is 1.14 bits per heavy atom. The van der Waals surface area contributed by atoms with Crippen LogP contribution in [0.3, 0.4) is 0 Å². The molecule has 8 aromatic rings. The number of benzene rings is 7. The molecule has 5 nitrogen and oxygen atoms in total. The number of nitrogens with zero attached hydrogens (tertiary/aromatic N) is 5. The molecule has 5 heteroatoms. The molecular weight excluding hydrogens is 719 g/mol. The molecule has 2 saturated carbocycles. The van der Waals surface area contributed by atoms with E-state index in [1.807, 2.05) is 72.8 Å². The second-order valence-electron chi connectivity index (χ2n) is 17.0. The van der Waals surface area contributed by atoms with E-state index in [1.165, 1.54) is 37.7 Å². The van der Waals surface area contributed by atoms with Gasteiger partial charge in [-0.15, -0.1) is 0 Å². The fourth-order valence-corrected chi connectivity index (χ4v) is 10.3. The molecular formula is C54H43N5. The number of aromatic nitrogens is 3. The third kappa shape index (κ3) is 6.54. The van der Waals surface area contributed by atoms with E-state index in [0.29, 0.717) is 34.5 Å². The van der Waals surface area contributed by atoms with Crippen molar-refractivity contribution in [3.63, 3.8) is 0 Å². The standard InChI is InChI=1S/C54H43N5/c1-34(2)54(30-35-17-18-36(25-35)31-54)45-22-19-38(20-23-45)42-27-43(40-12-7-9-37(26-40)32-55)29-44(28-42)51-57-52(49-16-8-11-39-10-3-4-13-46(39)49)59-53(58-51)50-24-21-41(33-56)47-14-5-6-15-48(47)50/h3-16,19-24,26-29,34-36H,17-18,25,30-31H2,1-2H3/t35-,36+,54?. The van der Waals surface area contributed by atoms with Crippen molar-refractivity contribution in [2.75, 3.05) is 0 Å². The van der Waals surface area contributed by atoms with Crippen LogP contribution in [0.5, 0.6) is 0 Å². The lowest BCUT2D eigenvalue weighted by Crippen LogP contribution is -2.38. The number of rotatable bonds is 7.